The van der Waals surface area contributed by atoms with Crippen LogP contribution in [0.25, 0.3) is 0 Å². The molecule has 0 aromatic carbocycles. The van der Waals surface area contributed by atoms with Gasteiger partial charge in [0, 0.05) is 0 Å². The molecule has 0 aliphatic carbocycles. The zero-order valence-corrected chi connectivity index (χ0v) is 9.68. The van der Waals surface area contributed by atoms with E-state index in [1.807, 2.05) is 0 Å². The van der Waals surface area contributed by atoms with Crippen LogP contribution in [0.3, 0.4) is 0 Å². The number of nitrogens with two attached hydrogens (primary N) is 1. The summed E-state index contributed by atoms with van der Waals surface area (Å²) in [7, 11) is 0. The Morgan fingerprint density at radius 1 is 0.923 bits per heavy atom. The normalized spacial score (nSPS) is 15.7. The van der Waals surface area contributed by atoms with Gasteiger partial charge in [0.15, 0.2) is 0 Å². The molecule has 0 radical (unpaired) electrons. The predicted octanol–water partition coefficient (Wildman–Crippen LogP) is 3.58. The molecule has 0 heterocycles. The SMILES string of the molecule is CCC(C)CC[C@H](C)CCCCN. The Morgan fingerprint density at radius 2 is 1.54 bits per heavy atom. The Morgan fingerprint density at radius 3 is 2.08 bits per heavy atom. The fourth-order valence-electron chi connectivity index (χ4n) is 1.55. The van der Waals surface area contributed by atoms with Gasteiger partial charge < -0.3 is 5.73 Å². The van der Waals surface area contributed by atoms with Crippen molar-refractivity contribution in [2.45, 2.75) is 59.3 Å². The van der Waals surface area contributed by atoms with Gasteiger partial charge >= 0.3 is 0 Å². The highest BCUT2D eigenvalue weighted by Crippen LogP contribution is 2.18. The lowest BCUT2D eigenvalue weighted by Gasteiger charge is -2.13. The van der Waals surface area contributed by atoms with Crippen molar-refractivity contribution >= 4 is 0 Å². The lowest BCUT2D eigenvalue weighted by molar-refractivity contribution is 0.396. The number of unbranched alkanes of at least 4 members (excludes halogenated alkanes) is 1. The Kier molecular flexibility index (Phi) is 8.53. The van der Waals surface area contributed by atoms with Crippen LogP contribution in [0.15, 0.2) is 0 Å². The Hall–Kier alpha value is -0.0400. The molecular formula is C12H27N. The predicted molar refractivity (Wildman–Crippen MR) is 60.8 cm³/mol. The summed E-state index contributed by atoms with van der Waals surface area (Å²) in [4.78, 5) is 0. The maximum atomic E-state index is 5.46. The third-order valence-corrected chi connectivity index (χ3v) is 3.00. The summed E-state index contributed by atoms with van der Waals surface area (Å²) in [6.45, 7) is 7.87. The molecule has 1 nitrogen and oxygen atoms in total. The van der Waals surface area contributed by atoms with Crippen LogP contribution in [0, 0.1) is 11.8 Å². The highest BCUT2D eigenvalue weighted by Gasteiger charge is 2.04. The molecule has 2 atom stereocenters. The second-order valence-corrected chi connectivity index (χ2v) is 4.48. The van der Waals surface area contributed by atoms with E-state index in [9.17, 15) is 0 Å². The Balaban J connectivity index is 3.24. The number of rotatable bonds is 8. The zero-order chi connectivity index (χ0) is 10.1. The summed E-state index contributed by atoms with van der Waals surface area (Å²) >= 11 is 0. The van der Waals surface area contributed by atoms with Gasteiger partial charge in [-0.3, -0.25) is 0 Å². The zero-order valence-electron chi connectivity index (χ0n) is 9.68. The lowest BCUT2D eigenvalue weighted by atomic mass is 9.93. The van der Waals surface area contributed by atoms with Gasteiger partial charge in [-0.2, -0.15) is 0 Å². The van der Waals surface area contributed by atoms with Gasteiger partial charge in [-0.25, -0.2) is 0 Å². The standard InChI is InChI=1S/C12H27N/c1-4-11(2)8-9-12(3)7-5-6-10-13/h11-12H,4-10,13H2,1-3H3/t11?,12-/m1/s1. The molecule has 0 spiro atoms. The monoisotopic (exact) mass is 185 g/mol. The van der Waals surface area contributed by atoms with Gasteiger partial charge in [0.25, 0.3) is 0 Å². The van der Waals surface area contributed by atoms with Crippen LogP contribution in [0.5, 0.6) is 0 Å². The molecule has 0 saturated carbocycles. The smallest absolute Gasteiger partial charge is 0.00773 e. The largest absolute Gasteiger partial charge is 0.330 e. The molecule has 2 N–H and O–H groups in total. The first kappa shape index (κ1) is 13.0. The van der Waals surface area contributed by atoms with E-state index in [2.05, 4.69) is 20.8 Å². The number of hydrogen-bond donors (Lipinski definition) is 1. The maximum absolute atomic E-state index is 5.46. The van der Waals surface area contributed by atoms with E-state index in [1.165, 1.54) is 38.5 Å². The molecule has 80 valence electrons. The minimum atomic E-state index is 0.859. The minimum absolute atomic E-state index is 0.859. The van der Waals surface area contributed by atoms with Crippen LogP contribution in [0.4, 0.5) is 0 Å². The highest BCUT2D eigenvalue weighted by molar-refractivity contribution is 4.57. The van der Waals surface area contributed by atoms with Crippen LogP contribution >= 0.6 is 0 Å². The third-order valence-electron chi connectivity index (χ3n) is 3.00. The van der Waals surface area contributed by atoms with Gasteiger partial charge in [0.1, 0.15) is 0 Å². The number of hydrogen-bond acceptors (Lipinski definition) is 1. The van der Waals surface area contributed by atoms with Crippen molar-refractivity contribution < 1.29 is 0 Å². The first-order valence-corrected chi connectivity index (χ1v) is 5.90. The fraction of sp³-hybridized carbons (Fsp3) is 1.00. The fourth-order valence-corrected chi connectivity index (χ4v) is 1.55. The van der Waals surface area contributed by atoms with Crippen molar-refractivity contribution in [2.24, 2.45) is 17.6 Å². The average molecular weight is 185 g/mol. The summed E-state index contributed by atoms with van der Waals surface area (Å²) in [6, 6.07) is 0. The Labute approximate surface area is 84.1 Å². The van der Waals surface area contributed by atoms with Gasteiger partial charge in [0.2, 0.25) is 0 Å². The molecule has 0 aliphatic rings. The molecule has 0 bridgehead atoms. The molecular weight excluding hydrogens is 158 g/mol. The molecule has 1 heteroatoms. The molecule has 13 heavy (non-hydrogen) atoms. The van der Waals surface area contributed by atoms with Crippen LogP contribution in [-0.2, 0) is 0 Å². The third kappa shape index (κ3) is 8.29. The quantitative estimate of drug-likeness (QED) is 0.575. The van der Waals surface area contributed by atoms with Crippen molar-refractivity contribution in [3.05, 3.63) is 0 Å². The van der Waals surface area contributed by atoms with Gasteiger partial charge in [0.05, 0.1) is 0 Å². The van der Waals surface area contributed by atoms with E-state index in [-0.39, 0.29) is 0 Å². The van der Waals surface area contributed by atoms with E-state index in [0.717, 1.165) is 18.4 Å². The molecule has 0 rings (SSSR count). The van der Waals surface area contributed by atoms with Crippen LogP contribution in [0.2, 0.25) is 0 Å². The van der Waals surface area contributed by atoms with Crippen molar-refractivity contribution in [3.63, 3.8) is 0 Å². The summed E-state index contributed by atoms with van der Waals surface area (Å²) in [5.41, 5.74) is 5.46. The van der Waals surface area contributed by atoms with Crippen molar-refractivity contribution in [2.75, 3.05) is 6.54 Å². The van der Waals surface area contributed by atoms with Crippen molar-refractivity contribution in [1.82, 2.24) is 0 Å². The molecule has 0 aromatic heterocycles. The average Bonchev–Trinajstić information content (AvgIpc) is 2.14. The second kappa shape index (κ2) is 8.55. The molecule has 1 unspecified atom stereocenters. The van der Waals surface area contributed by atoms with E-state index in [1.54, 1.807) is 0 Å². The van der Waals surface area contributed by atoms with Crippen molar-refractivity contribution in [3.8, 4) is 0 Å². The molecule has 0 amide bonds. The first-order valence-electron chi connectivity index (χ1n) is 5.90. The highest BCUT2D eigenvalue weighted by atomic mass is 14.5. The summed E-state index contributed by atoms with van der Waals surface area (Å²) in [5, 5.41) is 0. The summed E-state index contributed by atoms with van der Waals surface area (Å²) in [6.07, 6.45) is 8.02. The minimum Gasteiger partial charge on any atom is -0.330 e. The van der Waals surface area contributed by atoms with E-state index < -0.39 is 0 Å². The van der Waals surface area contributed by atoms with E-state index >= 15 is 0 Å². The van der Waals surface area contributed by atoms with Gasteiger partial charge in [-0.15, -0.1) is 0 Å². The molecule has 0 aromatic rings. The molecule has 0 fully saturated rings. The first-order chi connectivity index (χ1) is 6.20. The lowest BCUT2D eigenvalue weighted by Crippen LogP contribution is -2.02. The van der Waals surface area contributed by atoms with Gasteiger partial charge in [-0.1, -0.05) is 52.9 Å². The maximum Gasteiger partial charge on any atom is -0.00773 e. The van der Waals surface area contributed by atoms with Crippen LogP contribution < -0.4 is 5.73 Å². The van der Waals surface area contributed by atoms with Crippen LogP contribution in [-0.4, -0.2) is 6.54 Å². The summed E-state index contributed by atoms with van der Waals surface area (Å²) < 4.78 is 0. The molecule has 0 saturated heterocycles. The van der Waals surface area contributed by atoms with E-state index in [4.69, 9.17) is 5.73 Å². The van der Waals surface area contributed by atoms with Crippen LogP contribution in [0.1, 0.15) is 59.3 Å². The molecule has 0 aliphatic heterocycles. The van der Waals surface area contributed by atoms with Crippen molar-refractivity contribution in [1.29, 1.82) is 0 Å². The topological polar surface area (TPSA) is 26.0 Å². The second-order valence-electron chi connectivity index (χ2n) is 4.48. The Bertz CT molecular complexity index is 101. The van der Waals surface area contributed by atoms with E-state index in [0.29, 0.717) is 0 Å². The van der Waals surface area contributed by atoms with Gasteiger partial charge in [-0.05, 0) is 24.8 Å². The summed E-state index contributed by atoms with van der Waals surface area (Å²) in [5.74, 6) is 1.82.